The predicted octanol–water partition coefficient (Wildman–Crippen LogP) is 1.74. The van der Waals surface area contributed by atoms with Gasteiger partial charge in [-0.3, -0.25) is 19.1 Å². The van der Waals surface area contributed by atoms with Crippen LogP contribution in [0.3, 0.4) is 0 Å². The Labute approximate surface area is 149 Å². The summed E-state index contributed by atoms with van der Waals surface area (Å²) in [6, 6.07) is 13.8. The second kappa shape index (κ2) is 7.18. The van der Waals surface area contributed by atoms with Crippen LogP contribution in [0.5, 0.6) is 0 Å². The van der Waals surface area contributed by atoms with Crippen LogP contribution in [0.15, 0.2) is 59.5 Å². The first-order chi connectivity index (χ1) is 12.5. The van der Waals surface area contributed by atoms with Crippen LogP contribution in [0.1, 0.15) is 10.4 Å². The molecule has 0 atom stereocenters. The first kappa shape index (κ1) is 17.3. The minimum Gasteiger partial charge on any atom is -0.345 e. The van der Waals surface area contributed by atoms with E-state index in [0.29, 0.717) is 22.2 Å². The SMILES string of the molecule is CN(C)C(=O)c1ccccc1NC(=O)Cn1ncc(=O)c2ccccc21. The zero-order valence-corrected chi connectivity index (χ0v) is 14.5. The second-order valence-corrected chi connectivity index (χ2v) is 5.98. The molecule has 26 heavy (non-hydrogen) atoms. The van der Waals surface area contributed by atoms with Crippen LogP contribution in [0, 0.1) is 0 Å². The minimum absolute atomic E-state index is 0.0781. The van der Waals surface area contributed by atoms with Gasteiger partial charge in [-0.2, -0.15) is 5.10 Å². The molecule has 7 nitrogen and oxygen atoms in total. The van der Waals surface area contributed by atoms with Gasteiger partial charge in [-0.05, 0) is 24.3 Å². The van der Waals surface area contributed by atoms with Crippen molar-refractivity contribution in [3.8, 4) is 0 Å². The van der Waals surface area contributed by atoms with E-state index in [1.165, 1.54) is 15.8 Å². The van der Waals surface area contributed by atoms with Gasteiger partial charge in [0.25, 0.3) is 5.91 Å². The first-order valence-electron chi connectivity index (χ1n) is 8.03. The number of fused-ring (bicyclic) bond motifs is 1. The Morgan fingerprint density at radius 2 is 1.77 bits per heavy atom. The highest BCUT2D eigenvalue weighted by Gasteiger charge is 2.15. The molecule has 0 aliphatic rings. The Hall–Kier alpha value is -3.48. The summed E-state index contributed by atoms with van der Waals surface area (Å²) in [4.78, 5) is 38.0. The van der Waals surface area contributed by atoms with Gasteiger partial charge < -0.3 is 10.2 Å². The lowest BCUT2D eigenvalue weighted by molar-refractivity contribution is -0.116. The second-order valence-electron chi connectivity index (χ2n) is 5.98. The number of amides is 2. The van der Waals surface area contributed by atoms with Gasteiger partial charge in [0.1, 0.15) is 6.54 Å². The molecule has 1 aromatic heterocycles. The molecule has 1 N–H and O–H groups in total. The van der Waals surface area contributed by atoms with Crippen molar-refractivity contribution in [2.45, 2.75) is 6.54 Å². The number of aromatic nitrogens is 2. The number of rotatable bonds is 4. The van der Waals surface area contributed by atoms with E-state index in [-0.39, 0.29) is 23.8 Å². The molecule has 0 aliphatic carbocycles. The van der Waals surface area contributed by atoms with Gasteiger partial charge in [0.2, 0.25) is 11.3 Å². The van der Waals surface area contributed by atoms with Gasteiger partial charge in [0.15, 0.2) is 0 Å². The highest BCUT2D eigenvalue weighted by atomic mass is 16.2. The minimum atomic E-state index is -0.342. The Bertz CT molecular complexity index is 1040. The molecule has 7 heteroatoms. The molecule has 0 saturated carbocycles. The van der Waals surface area contributed by atoms with Gasteiger partial charge in [-0.25, -0.2) is 0 Å². The number of carbonyl (C=O) groups is 2. The molecule has 0 spiro atoms. The summed E-state index contributed by atoms with van der Waals surface area (Å²) in [5, 5.41) is 7.29. The van der Waals surface area contributed by atoms with Crippen LogP contribution >= 0.6 is 0 Å². The predicted molar refractivity (Wildman–Crippen MR) is 99.1 cm³/mol. The average molecular weight is 350 g/mol. The third-order valence-electron chi connectivity index (χ3n) is 3.89. The van der Waals surface area contributed by atoms with Crippen molar-refractivity contribution >= 4 is 28.4 Å². The normalized spacial score (nSPS) is 10.5. The van der Waals surface area contributed by atoms with Gasteiger partial charge >= 0.3 is 0 Å². The molecular weight excluding hydrogens is 332 g/mol. The third-order valence-corrected chi connectivity index (χ3v) is 3.89. The van der Waals surface area contributed by atoms with E-state index >= 15 is 0 Å². The number of nitrogens with zero attached hydrogens (tertiary/aromatic N) is 3. The Kier molecular flexibility index (Phi) is 4.79. The fourth-order valence-corrected chi connectivity index (χ4v) is 2.63. The highest BCUT2D eigenvalue weighted by Crippen LogP contribution is 2.17. The number of anilines is 1. The van der Waals surface area contributed by atoms with Crippen molar-refractivity contribution in [1.82, 2.24) is 14.7 Å². The van der Waals surface area contributed by atoms with Gasteiger partial charge in [-0.15, -0.1) is 0 Å². The van der Waals surface area contributed by atoms with E-state index in [1.807, 2.05) is 0 Å². The van der Waals surface area contributed by atoms with E-state index in [4.69, 9.17) is 0 Å². The standard InChI is InChI=1S/C19H18N4O3/c1-22(2)19(26)13-7-3-5-9-15(13)21-18(25)12-23-16-10-6-4-8-14(16)17(24)11-20-23/h3-11H,12H2,1-2H3,(H,21,25). The summed E-state index contributed by atoms with van der Waals surface area (Å²) in [6.07, 6.45) is 1.19. The summed E-state index contributed by atoms with van der Waals surface area (Å²) in [5.74, 6) is -0.543. The molecule has 0 radical (unpaired) electrons. The third kappa shape index (κ3) is 3.46. The van der Waals surface area contributed by atoms with Gasteiger partial charge in [-0.1, -0.05) is 24.3 Å². The van der Waals surface area contributed by atoms with Crippen molar-refractivity contribution in [2.24, 2.45) is 0 Å². The average Bonchev–Trinajstić information content (AvgIpc) is 2.64. The number of hydrogen-bond donors (Lipinski definition) is 1. The maximum Gasteiger partial charge on any atom is 0.255 e. The Morgan fingerprint density at radius 3 is 2.54 bits per heavy atom. The lowest BCUT2D eigenvalue weighted by Crippen LogP contribution is -2.26. The van der Waals surface area contributed by atoms with E-state index in [9.17, 15) is 14.4 Å². The number of nitrogens with one attached hydrogen (secondary N) is 1. The number of carbonyl (C=O) groups excluding carboxylic acids is 2. The number of hydrogen-bond acceptors (Lipinski definition) is 4. The van der Waals surface area contributed by atoms with Crippen molar-refractivity contribution in [2.75, 3.05) is 19.4 Å². The summed E-state index contributed by atoms with van der Waals surface area (Å²) >= 11 is 0. The van der Waals surface area contributed by atoms with E-state index in [2.05, 4.69) is 10.4 Å². The van der Waals surface area contributed by atoms with Crippen LogP contribution in [0.4, 0.5) is 5.69 Å². The summed E-state index contributed by atoms with van der Waals surface area (Å²) in [5.41, 5.74) is 1.22. The molecule has 3 rings (SSSR count). The summed E-state index contributed by atoms with van der Waals surface area (Å²) < 4.78 is 1.46. The zero-order chi connectivity index (χ0) is 18.7. The molecule has 3 aromatic rings. The maximum absolute atomic E-state index is 12.5. The molecule has 2 aromatic carbocycles. The smallest absolute Gasteiger partial charge is 0.255 e. The lowest BCUT2D eigenvalue weighted by Gasteiger charge is -2.15. The molecular formula is C19H18N4O3. The summed E-state index contributed by atoms with van der Waals surface area (Å²) in [6.45, 7) is -0.0781. The largest absolute Gasteiger partial charge is 0.345 e. The van der Waals surface area contributed by atoms with Crippen LogP contribution in [0.25, 0.3) is 10.9 Å². The number of para-hydroxylation sites is 2. The zero-order valence-electron chi connectivity index (χ0n) is 14.5. The molecule has 0 aliphatic heterocycles. The highest BCUT2D eigenvalue weighted by molar-refractivity contribution is 6.03. The monoisotopic (exact) mass is 350 g/mol. The first-order valence-corrected chi connectivity index (χ1v) is 8.03. The molecule has 132 valence electrons. The van der Waals surface area contributed by atoms with E-state index in [0.717, 1.165) is 0 Å². The van der Waals surface area contributed by atoms with Crippen LogP contribution in [-0.2, 0) is 11.3 Å². The molecule has 0 saturated heterocycles. The van der Waals surface area contributed by atoms with E-state index in [1.54, 1.807) is 62.6 Å². The van der Waals surface area contributed by atoms with Crippen molar-refractivity contribution in [3.05, 3.63) is 70.5 Å². The Morgan fingerprint density at radius 1 is 1.08 bits per heavy atom. The topological polar surface area (TPSA) is 84.3 Å². The Balaban J connectivity index is 1.86. The maximum atomic E-state index is 12.5. The molecule has 1 heterocycles. The number of benzene rings is 2. The quantitative estimate of drug-likeness (QED) is 0.777. The lowest BCUT2D eigenvalue weighted by atomic mass is 10.1. The fraction of sp³-hybridized carbons (Fsp3) is 0.158. The fourth-order valence-electron chi connectivity index (χ4n) is 2.63. The van der Waals surface area contributed by atoms with Crippen LogP contribution < -0.4 is 10.7 Å². The van der Waals surface area contributed by atoms with Crippen LogP contribution in [-0.4, -0.2) is 40.6 Å². The summed E-state index contributed by atoms with van der Waals surface area (Å²) in [7, 11) is 3.30. The van der Waals surface area contributed by atoms with Crippen LogP contribution in [0.2, 0.25) is 0 Å². The molecule has 0 fully saturated rings. The van der Waals surface area contributed by atoms with Crippen molar-refractivity contribution in [3.63, 3.8) is 0 Å². The molecule has 2 amide bonds. The van der Waals surface area contributed by atoms with Crippen molar-refractivity contribution in [1.29, 1.82) is 0 Å². The molecule has 0 unspecified atom stereocenters. The van der Waals surface area contributed by atoms with Gasteiger partial charge in [0, 0.05) is 19.5 Å². The van der Waals surface area contributed by atoms with Gasteiger partial charge in [0.05, 0.1) is 23.0 Å². The molecule has 0 bridgehead atoms. The van der Waals surface area contributed by atoms with Crippen molar-refractivity contribution < 1.29 is 9.59 Å². The van der Waals surface area contributed by atoms with E-state index < -0.39 is 0 Å².